The third kappa shape index (κ3) is 12.3. The number of carbonyl (C=O) groups excluding carboxylic acids is 4. The molecule has 0 spiro atoms. The minimum atomic E-state index is -0.445. The van der Waals surface area contributed by atoms with Gasteiger partial charge in [-0.15, -0.1) is 0 Å². The number of ether oxygens (including phenoxy) is 2. The van der Waals surface area contributed by atoms with Crippen LogP contribution in [0.15, 0.2) is 47.6 Å². The van der Waals surface area contributed by atoms with Crippen molar-refractivity contribution in [2.75, 3.05) is 26.2 Å². The highest BCUT2D eigenvalue weighted by molar-refractivity contribution is 5.99. The van der Waals surface area contributed by atoms with Crippen molar-refractivity contribution >= 4 is 24.0 Å². The summed E-state index contributed by atoms with van der Waals surface area (Å²) in [6, 6.07) is 6.57. The maximum atomic E-state index is 13.2. The Hall–Kier alpha value is -3.82. The molecule has 10 nitrogen and oxygen atoms in total. The molecule has 0 saturated heterocycles. The van der Waals surface area contributed by atoms with E-state index in [9.17, 15) is 19.2 Å². The fourth-order valence-corrected chi connectivity index (χ4v) is 19.6. The molecule has 0 bridgehead atoms. The maximum absolute atomic E-state index is 13.2. The predicted molar refractivity (Wildman–Crippen MR) is 314 cm³/mol. The fourth-order valence-electron chi connectivity index (χ4n) is 19.6. The number of carbonyl (C=O) groups is 4. The zero-order valence-corrected chi connectivity index (χ0v) is 50.4. The molecule has 0 aromatic heterocycles. The van der Waals surface area contributed by atoms with Crippen LogP contribution in [0.5, 0.6) is 0 Å². The third-order valence-electron chi connectivity index (χ3n) is 23.8. The average Bonchev–Trinajstić information content (AvgIpc) is 4.02. The van der Waals surface area contributed by atoms with Crippen molar-refractivity contribution in [1.82, 2.24) is 21.3 Å². The number of alkyl carbamates (subject to hydrolysis) is 2. The van der Waals surface area contributed by atoms with E-state index in [1.54, 1.807) is 24.3 Å². The van der Waals surface area contributed by atoms with E-state index in [0.717, 1.165) is 110 Å². The van der Waals surface area contributed by atoms with Crippen LogP contribution in [0.2, 0.25) is 0 Å². The standard InChI is InChI=1S/C68H106N4O6/c1-43(2)14-11-16-45(5)55-24-26-57-53-22-20-49-41-51(28-32-65(49,7)59(53)30-34-67(55,57)9)77-63(75)71-38-36-69-61(73)47-18-13-19-48(40-47)62(74)70-37-39-72-64(76)78-52-29-33-66(8)50(42-52)21-23-54-58-27-25-56(46(6)17-12-15-44(3)4)68(58,10)35-31-60(54)66/h13,18-21,40,43-46,51-60H,11-12,14-17,22-39,41-42H2,1-10H3,(H,69,73)(H,70,74)(H,71,75)(H,72,76)/t45-,46-,51+,52+,53+,54+,55-,56-,57+,58+,59+,60+,65+,66+,67-,68-/m1/s1. The van der Waals surface area contributed by atoms with Crippen LogP contribution in [0.4, 0.5) is 9.59 Å². The van der Waals surface area contributed by atoms with Gasteiger partial charge in [0.05, 0.1) is 0 Å². The van der Waals surface area contributed by atoms with Crippen molar-refractivity contribution in [2.45, 2.75) is 223 Å². The van der Waals surface area contributed by atoms with Crippen LogP contribution < -0.4 is 21.3 Å². The third-order valence-corrected chi connectivity index (χ3v) is 23.8. The quantitative estimate of drug-likeness (QED) is 0.0759. The molecule has 6 saturated carbocycles. The number of hydrogen-bond donors (Lipinski definition) is 4. The highest BCUT2D eigenvalue weighted by atomic mass is 16.6. The largest absolute Gasteiger partial charge is 0.446 e. The zero-order valence-electron chi connectivity index (χ0n) is 50.4. The molecule has 8 aliphatic rings. The molecule has 0 aliphatic heterocycles. The SMILES string of the molecule is CC(C)CCC[C@@H](C)[C@H]1CC[C@H]2[C@@H]3CC=C4C[C@@H](OC(=O)NCCNC(=O)c5cccc(C(=O)NCCNC(=O)O[C@H]6CC[C@@]7(C)C(=CC[C@H]8[C@@H]9CC[C@H]([C@H](C)CCCC(C)C)[C@@]9(C)CC[C@@H]87)C6)c5)CC[C@]4(C)[C@H]3CC[C@]12C. The predicted octanol–water partition coefficient (Wildman–Crippen LogP) is 15.4. The van der Waals surface area contributed by atoms with Crippen LogP contribution in [0, 0.1) is 92.7 Å². The van der Waals surface area contributed by atoms with E-state index in [2.05, 4.69) is 103 Å². The zero-order chi connectivity index (χ0) is 55.6. The normalized spacial score (nSPS) is 36.5. The van der Waals surface area contributed by atoms with Gasteiger partial charge in [0.1, 0.15) is 12.2 Å². The first-order valence-electron chi connectivity index (χ1n) is 32.2. The molecule has 1 aromatic carbocycles. The molecule has 6 fully saturated rings. The van der Waals surface area contributed by atoms with E-state index < -0.39 is 12.2 Å². The van der Waals surface area contributed by atoms with Crippen molar-refractivity contribution in [1.29, 1.82) is 0 Å². The number of fused-ring (bicyclic) bond motifs is 10. The molecule has 8 aliphatic carbocycles. The van der Waals surface area contributed by atoms with Crippen LogP contribution >= 0.6 is 0 Å². The second-order valence-electron chi connectivity index (χ2n) is 29.1. The summed E-state index contributed by atoms with van der Waals surface area (Å²) >= 11 is 0. The number of allylic oxidation sites excluding steroid dienone is 2. The van der Waals surface area contributed by atoms with Crippen molar-refractivity contribution in [3.05, 3.63) is 58.7 Å². The number of hydrogen-bond acceptors (Lipinski definition) is 6. The Morgan fingerprint density at radius 2 is 0.923 bits per heavy atom. The molecule has 0 radical (unpaired) electrons. The van der Waals surface area contributed by atoms with Gasteiger partial charge in [-0.2, -0.15) is 0 Å². The van der Waals surface area contributed by atoms with Gasteiger partial charge in [0.25, 0.3) is 11.8 Å². The van der Waals surface area contributed by atoms with Crippen molar-refractivity contribution in [3.63, 3.8) is 0 Å². The highest BCUT2D eigenvalue weighted by Gasteiger charge is 2.61. The average molecular weight is 1080 g/mol. The highest BCUT2D eigenvalue weighted by Crippen LogP contribution is 2.69. The molecule has 9 rings (SSSR count). The first-order chi connectivity index (χ1) is 37.2. The summed E-state index contributed by atoms with van der Waals surface area (Å²) in [6.07, 6.45) is 30.9. The molecule has 4 amide bonds. The van der Waals surface area contributed by atoms with E-state index in [0.29, 0.717) is 22.0 Å². The first-order valence-corrected chi connectivity index (χ1v) is 32.2. The van der Waals surface area contributed by atoms with Gasteiger partial charge in [0, 0.05) is 50.1 Å². The maximum Gasteiger partial charge on any atom is 0.407 e. The molecular formula is C68H106N4O6. The van der Waals surface area contributed by atoms with Crippen LogP contribution in [0.3, 0.4) is 0 Å². The molecule has 434 valence electrons. The number of nitrogens with one attached hydrogen (secondary N) is 4. The lowest BCUT2D eigenvalue weighted by atomic mass is 9.47. The van der Waals surface area contributed by atoms with Crippen LogP contribution in [0.25, 0.3) is 0 Å². The number of rotatable bonds is 20. The van der Waals surface area contributed by atoms with Gasteiger partial charge in [-0.25, -0.2) is 9.59 Å². The van der Waals surface area contributed by atoms with E-state index >= 15 is 0 Å². The molecule has 1 aromatic rings. The lowest BCUT2D eigenvalue weighted by molar-refractivity contribution is -0.0581. The minimum Gasteiger partial charge on any atom is -0.446 e. The van der Waals surface area contributed by atoms with Crippen LogP contribution in [0.1, 0.15) is 231 Å². The van der Waals surface area contributed by atoms with Gasteiger partial charge in [-0.1, -0.05) is 137 Å². The second kappa shape index (κ2) is 24.7. The van der Waals surface area contributed by atoms with Crippen LogP contribution in [-0.2, 0) is 9.47 Å². The van der Waals surface area contributed by atoms with Crippen molar-refractivity contribution in [2.24, 2.45) is 92.7 Å². The Labute approximate surface area is 472 Å². The Morgan fingerprint density at radius 3 is 1.33 bits per heavy atom. The summed E-state index contributed by atoms with van der Waals surface area (Å²) in [5, 5.41) is 11.4. The number of benzene rings is 1. The van der Waals surface area contributed by atoms with E-state index in [1.165, 1.54) is 114 Å². The molecular weight excluding hydrogens is 969 g/mol. The Morgan fingerprint density at radius 1 is 0.513 bits per heavy atom. The molecule has 78 heavy (non-hydrogen) atoms. The second-order valence-corrected chi connectivity index (χ2v) is 29.1. The first kappa shape index (κ1) is 58.8. The Bertz CT molecular complexity index is 2190. The summed E-state index contributed by atoms with van der Waals surface area (Å²) in [5.41, 5.74) is 5.03. The molecule has 10 heteroatoms. The lowest BCUT2D eigenvalue weighted by Crippen LogP contribution is -2.51. The van der Waals surface area contributed by atoms with Crippen LogP contribution in [-0.4, -0.2) is 62.4 Å². The molecule has 4 N–H and O–H groups in total. The van der Waals surface area contributed by atoms with Gasteiger partial charge in [-0.05, 0) is 201 Å². The molecule has 0 heterocycles. The van der Waals surface area contributed by atoms with E-state index in [-0.39, 0.29) is 61.0 Å². The van der Waals surface area contributed by atoms with Crippen molar-refractivity contribution in [3.8, 4) is 0 Å². The topological polar surface area (TPSA) is 135 Å². The summed E-state index contributed by atoms with van der Waals surface area (Å²) in [6.45, 7) is 25.8. The summed E-state index contributed by atoms with van der Waals surface area (Å²) < 4.78 is 12.0. The smallest absolute Gasteiger partial charge is 0.407 e. The monoisotopic (exact) mass is 1070 g/mol. The Kier molecular flexibility index (Phi) is 18.6. The number of amides is 4. The van der Waals surface area contributed by atoms with Gasteiger partial charge < -0.3 is 30.7 Å². The van der Waals surface area contributed by atoms with Gasteiger partial charge in [0.2, 0.25) is 0 Å². The Balaban J connectivity index is 0.652. The van der Waals surface area contributed by atoms with E-state index in [4.69, 9.17) is 9.47 Å². The van der Waals surface area contributed by atoms with E-state index in [1.807, 2.05) is 0 Å². The van der Waals surface area contributed by atoms with Gasteiger partial charge >= 0.3 is 12.2 Å². The fraction of sp³-hybridized carbons (Fsp3) is 0.794. The van der Waals surface area contributed by atoms with Crippen molar-refractivity contribution < 1.29 is 28.7 Å². The lowest BCUT2D eigenvalue weighted by Gasteiger charge is -2.58. The summed E-state index contributed by atoms with van der Waals surface area (Å²) in [4.78, 5) is 52.4. The summed E-state index contributed by atoms with van der Waals surface area (Å²) in [7, 11) is 0. The van der Waals surface area contributed by atoms with Gasteiger partial charge in [-0.3, -0.25) is 9.59 Å². The van der Waals surface area contributed by atoms with Gasteiger partial charge in [0.15, 0.2) is 0 Å². The molecule has 0 unspecified atom stereocenters. The minimum absolute atomic E-state index is 0.140. The summed E-state index contributed by atoms with van der Waals surface area (Å²) in [5.74, 6) is 8.89. The molecule has 16 atom stereocenters.